The number of aromatic nitrogens is 2. The minimum atomic E-state index is -0.188. The van der Waals surface area contributed by atoms with Crippen molar-refractivity contribution in [1.29, 1.82) is 0 Å². The summed E-state index contributed by atoms with van der Waals surface area (Å²) >= 11 is 0. The smallest absolute Gasteiger partial charge is 0.275 e. The van der Waals surface area contributed by atoms with Gasteiger partial charge in [0.2, 0.25) is 5.91 Å². The highest BCUT2D eigenvalue weighted by atomic mass is 16.5. The van der Waals surface area contributed by atoms with Crippen LogP contribution in [0.3, 0.4) is 0 Å². The lowest BCUT2D eigenvalue weighted by molar-refractivity contribution is -0.127. The largest absolute Gasteiger partial charge is 0.494 e. The van der Waals surface area contributed by atoms with E-state index in [9.17, 15) is 9.59 Å². The van der Waals surface area contributed by atoms with Gasteiger partial charge in [0, 0.05) is 12.2 Å². The van der Waals surface area contributed by atoms with Crippen LogP contribution in [0.4, 0.5) is 0 Å². The summed E-state index contributed by atoms with van der Waals surface area (Å²) in [6, 6.07) is 7.63. The van der Waals surface area contributed by atoms with Crippen molar-refractivity contribution in [3.8, 4) is 11.4 Å². The third-order valence-corrected chi connectivity index (χ3v) is 5.44. The summed E-state index contributed by atoms with van der Waals surface area (Å²) in [4.78, 5) is 26.9. The number of hydrogen-bond donors (Lipinski definition) is 1. The first kappa shape index (κ1) is 17.6. The van der Waals surface area contributed by atoms with Crippen LogP contribution in [0.15, 0.2) is 30.5 Å². The Hall–Kier alpha value is -2.83. The second-order valence-electron chi connectivity index (χ2n) is 7.28. The summed E-state index contributed by atoms with van der Waals surface area (Å²) in [7, 11) is 1.61. The average Bonchev–Trinajstić information content (AvgIpc) is 3.16. The van der Waals surface area contributed by atoms with E-state index in [0.717, 1.165) is 36.9 Å². The number of methoxy groups -OCH3 is 1. The van der Waals surface area contributed by atoms with E-state index in [2.05, 4.69) is 10.4 Å². The first-order valence-electron chi connectivity index (χ1n) is 9.38. The number of hydrogen-bond acceptors (Lipinski definition) is 4. The fourth-order valence-corrected chi connectivity index (χ4v) is 4.10. The molecule has 0 unspecified atom stereocenters. The molecule has 2 atom stereocenters. The molecule has 1 aromatic heterocycles. The van der Waals surface area contributed by atoms with E-state index >= 15 is 0 Å². The Bertz CT molecular complexity index is 876. The average molecular weight is 368 g/mol. The number of piperazine rings is 1. The van der Waals surface area contributed by atoms with Crippen LogP contribution in [-0.2, 0) is 4.79 Å². The van der Waals surface area contributed by atoms with Crippen molar-refractivity contribution in [3.63, 3.8) is 0 Å². The van der Waals surface area contributed by atoms with Gasteiger partial charge in [0.1, 0.15) is 18.0 Å². The molecular formula is C20H24N4O3. The number of benzene rings is 1. The fourth-order valence-electron chi connectivity index (χ4n) is 4.10. The Kier molecular flexibility index (Phi) is 4.59. The number of carbonyl (C=O) groups excluding carboxylic acids is 2. The fraction of sp³-hybridized carbons (Fsp3) is 0.450. The summed E-state index contributed by atoms with van der Waals surface area (Å²) < 4.78 is 7.07. The monoisotopic (exact) mass is 368 g/mol. The molecule has 1 N–H and O–H groups in total. The van der Waals surface area contributed by atoms with Gasteiger partial charge in [-0.3, -0.25) is 9.59 Å². The zero-order valence-electron chi connectivity index (χ0n) is 15.6. The first-order chi connectivity index (χ1) is 13.1. The van der Waals surface area contributed by atoms with Crippen LogP contribution in [0.1, 0.15) is 41.7 Å². The second kappa shape index (κ2) is 7.06. The van der Waals surface area contributed by atoms with Gasteiger partial charge >= 0.3 is 0 Å². The van der Waals surface area contributed by atoms with Crippen molar-refractivity contribution < 1.29 is 14.3 Å². The Morgan fingerprint density at radius 1 is 1.26 bits per heavy atom. The molecule has 1 saturated heterocycles. The maximum absolute atomic E-state index is 13.1. The van der Waals surface area contributed by atoms with Crippen LogP contribution in [0.2, 0.25) is 0 Å². The van der Waals surface area contributed by atoms with Crippen LogP contribution >= 0.6 is 0 Å². The summed E-state index contributed by atoms with van der Waals surface area (Å²) in [5.74, 6) is 0.408. The van der Waals surface area contributed by atoms with Gasteiger partial charge in [0.15, 0.2) is 5.69 Å². The summed E-state index contributed by atoms with van der Waals surface area (Å²) in [6.45, 7) is 2.09. The number of carbonyl (C=O) groups is 2. The summed E-state index contributed by atoms with van der Waals surface area (Å²) in [6.07, 6.45) is 5.77. The lowest BCUT2D eigenvalue weighted by Crippen LogP contribution is -2.62. The Labute approximate surface area is 158 Å². The van der Waals surface area contributed by atoms with E-state index in [4.69, 9.17) is 4.74 Å². The van der Waals surface area contributed by atoms with E-state index < -0.39 is 0 Å². The molecule has 4 rings (SSSR count). The number of fused-ring (bicyclic) bond motifs is 1. The third kappa shape index (κ3) is 3.29. The van der Waals surface area contributed by atoms with E-state index in [-0.39, 0.29) is 30.4 Å². The molecule has 2 heterocycles. The van der Waals surface area contributed by atoms with E-state index in [0.29, 0.717) is 11.4 Å². The van der Waals surface area contributed by atoms with Crippen LogP contribution in [-0.4, -0.2) is 52.2 Å². The minimum Gasteiger partial charge on any atom is -0.494 e. The van der Waals surface area contributed by atoms with E-state index in [1.165, 1.54) is 0 Å². The highest BCUT2D eigenvalue weighted by Gasteiger charge is 2.39. The van der Waals surface area contributed by atoms with Gasteiger partial charge in [-0.2, -0.15) is 5.10 Å². The van der Waals surface area contributed by atoms with Crippen LogP contribution < -0.4 is 10.1 Å². The van der Waals surface area contributed by atoms with Gasteiger partial charge in [-0.05, 0) is 43.5 Å². The Morgan fingerprint density at radius 2 is 2.07 bits per heavy atom. The molecule has 2 aromatic rings. The van der Waals surface area contributed by atoms with Gasteiger partial charge < -0.3 is 15.0 Å². The van der Waals surface area contributed by atoms with Gasteiger partial charge in [-0.15, -0.1) is 0 Å². The molecule has 7 heteroatoms. The molecule has 7 nitrogen and oxygen atoms in total. The molecular weight excluding hydrogens is 344 g/mol. The number of nitrogens with zero attached hydrogens (tertiary/aromatic N) is 3. The molecule has 142 valence electrons. The Morgan fingerprint density at radius 3 is 2.89 bits per heavy atom. The second-order valence-corrected chi connectivity index (χ2v) is 7.28. The molecule has 1 aliphatic heterocycles. The zero-order chi connectivity index (χ0) is 19.0. The van der Waals surface area contributed by atoms with Crippen molar-refractivity contribution >= 4 is 11.8 Å². The zero-order valence-corrected chi connectivity index (χ0v) is 15.6. The Balaban J connectivity index is 1.62. The third-order valence-electron chi connectivity index (χ3n) is 5.44. The predicted molar refractivity (Wildman–Crippen MR) is 100 cm³/mol. The SMILES string of the molecule is COc1ccc(C)cc1-n1ccc(C(=O)N2CC(=O)N[C@@H]3CCCC[C@H]32)n1. The molecule has 0 radical (unpaired) electrons. The highest BCUT2D eigenvalue weighted by Crippen LogP contribution is 2.28. The summed E-state index contributed by atoms with van der Waals surface area (Å²) in [5.41, 5.74) is 2.20. The highest BCUT2D eigenvalue weighted by molar-refractivity contribution is 5.96. The van der Waals surface area contributed by atoms with Crippen molar-refractivity contribution in [2.45, 2.75) is 44.7 Å². The quantitative estimate of drug-likeness (QED) is 0.900. The van der Waals surface area contributed by atoms with E-state index in [1.807, 2.05) is 25.1 Å². The molecule has 0 bridgehead atoms. The van der Waals surface area contributed by atoms with Crippen molar-refractivity contribution in [2.75, 3.05) is 13.7 Å². The maximum Gasteiger partial charge on any atom is 0.275 e. The molecule has 0 spiro atoms. The molecule has 1 aromatic carbocycles. The molecule has 2 fully saturated rings. The standard InChI is InChI=1S/C20H24N4O3/c1-13-7-8-18(27-2)17(11-13)24-10-9-15(22-24)20(26)23-12-19(25)21-14-5-3-4-6-16(14)23/h7-11,14,16H,3-6,12H2,1-2H3,(H,21,25)/t14-,16-/m1/s1. The molecule has 2 aliphatic rings. The number of rotatable bonds is 3. The van der Waals surface area contributed by atoms with Crippen LogP contribution in [0.25, 0.3) is 5.69 Å². The number of nitrogens with one attached hydrogen (secondary N) is 1. The van der Waals surface area contributed by atoms with Crippen molar-refractivity contribution in [3.05, 3.63) is 41.7 Å². The van der Waals surface area contributed by atoms with Gasteiger partial charge in [-0.1, -0.05) is 18.9 Å². The number of aryl methyl sites for hydroxylation is 1. The topological polar surface area (TPSA) is 76.5 Å². The summed E-state index contributed by atoms with van der Waals surface area (Å²) in [5, 5.41) is 7.51. The van der Waals surface area contributed by atoms with Gasteiger partial charge in [0.25, 0.3) is 5.91 Å². The van der Waals surface area contributed by atoms with Gasteiger partial charge in [-0.25, -0.2) is 4.68 Å². The van der Waals surface area contributed by atoms with Crippen molar-refractivity contribution in [2.24, 2.45) is 0 Å². The van der Waals surface area contributed by atoms with E-state index in [1.54, 1.807) is 29.0 Å². The molecule has 2 amide bonds. The lowest BCUT2D eigenvalue weighted by atomic mass is 9.87. The normalized spacial score (nSPS) is 22.1. The van der Waals surface area contributed by atoms with Crippen molar-refractivity contribution in [1.82, 2.24) is 20.0 Å². The predicted octanol–water partition coefficient (Wildman–Crippen LogP) is 2.07. The minimum absolute atomic E-state index is 0.0580. The van der Waals surface area contributed by atoms with Crippen LogP contribution in [0.5, 0.6) is 5.75 Å². The first-order valence-corrected chi connectivity index (χ1v) is 9.38. The molecule has 1 saturated carbocycles. The number of ether oxygens (including phenoxy) is 1. The molecule has 1 aliphatic carbocycles. The number of amides is 2. The van der Waals surface area contributed by atoms with Crippen LogP contribution in [0, 0.1) is 6.92 Å². The maximum atomic E-state index is 13.1. The van der Waals surface area contributed by atoms with Gasteiger partial charge in [0.05, 0.1) is 13.2 Å². The lowest BCUT2D eigenvalue weighted by Gasteiger charge is -2.43. The molecule has 27 heavy (non-hydrogen) atoms.